The van der Waals surface area contributed by atoms with E-state index in [-0.39, 0.29) is 5.91 Å². The standard InChI is InChI=1S/C20H23N5O2/c1-24(2)20-21-14-25(23-20)17-6-4-5-16(13-17)22-19(26)12-9-15-7-10-18(27-3)11-8-15/h4-8,10-11,13-14H,9,12H2,1-3H3,(H,22,26). The van der Waals surface area contributed by atoms with Crippen molar-refractivity contribution in [2.24, 2.45) is 0 Å². The minimum Gasteiger partial charge on any atom is -0.497 e. The Balaban J connectivity index is 1.60. The van der Waals surface area contributed by atoms with E-state index in [1.165, 1.54) is 0 Å². The summed E-state index contributed by atoms with van der Waals surface area (Å²) in [5.74, 6) is 1.41. The van der Waals surface area contributed by atoms with E-state index in [2.05, 4.69) is 15.4 Å². The van der Waals surface area contributed by atoms with Crippen LogP contribution in [0.1, 0.15) is 12.0 Å². The van der Waals surface area contributed by atoms with Crippen molar-refractivity contribution in [1.29, 1.82) is 0 Å². The van der Waals surface area contributed by atoms with Crippen LogP contribution in [0.4, 0.5) is 11.6 Å². The first kappa shape index (κ1) is 18.4. The zero-order valence-corrected chi connectivity index (χ0v) is 15.7. The van der Waals surface area contributed by atoms with E-state index in [1.54, 1.807) is 18.1 Å². The molecule has 3 aromatic rings. The average molecular weight is 365 g/mol. The van der Waals surface area contributed by atoms with Gasteiger partial charge < -0.3 is 15.0 Å². The van der Waals surface area contributed by atoms with Crippen molar-refractivity contribution in [2.45, 2.75) is 12.8 Å². The number of rotatable bonds is 7. The molecule has 0 aliphatic rings. The Hall–Kier alpha value is -3.35. The molecule has 0 spiro atoms. The number of carbonyl (C=O) groups is 1. The first-order chi connectivity index (χ1) is 13.0. The van der Waals surface area contributed by atoms with Crippen LogP contribution in [-0.2, 0) is 11.2 Å². The minimum atomic E-state index is -0.0319. The third kappa shape index (κ3) is 4.84. The van der Waals surface area contributed by atoms with Gasteiger partial charge in [-0.1, -0.05) is 18.2 Å². The van der Waals surface area contributed by atoms with Crippen molar-refractivity contribution in [1.82, 2.24) is 14.8 Å². The van der Waals surface area contributed by atoms with Crippen molar-refractivity contribution in [2.75, 3.05) is 31.4 Å². The normalized spacial score (nSPS) is 10.5. The van der Waals surface area contributed by atoms with E-state index in [4.69, 9.17) is 4.74 Å². The second-order valence-corrected chi connectivity index (χ2v) is 6.33. The molecule has 7 nitrogen and oxygen atoms in total. The number of nitrogens with zero attached hydrogens (tertiary/aromatic N) is 4. The molecule has 0 atom stereocenters. The van der Waals surface area contributed by atoms with Gasteiger partial charge in [0.15, 0.2) is 0 Å². The van der Waals surface area contributed by atoms with Crippen LogP contribution < -0.4 is 15.0 Å². The van der Waals surface area contributed by atoms with Gasteiger partial charge in [-0.3, -0.25) is 4.79 Å². The average Bonchev–Trinajstić information content (AvgIpc) is 3.18. The Bertz CT molecular complexity index is 903. The van der Waals surface area contributed by atoms with Gasteiger partial charge in [0.05, 0.1) is 12.8 Å². The number of anilines is 2. The topological polar surface area (TPSA) is 72.3 Å². The molecule has 27 heavy (non-hydrogen) atoms. The van der Waals surface area contributed by atoms with E-state index in [9.17, 15) is 4.79 Å². The summed E-state index contributed by atoms with van der Waals surface area (Å²) < 4.78 is 6.83. The van der Waals surface area contributed by atoms with E-state index in [0.717, 1.165) is 22.7 Å². The molecule has 0 unspecified atom stereocenters. The minimum absolute atomic E-state index is 0.0319. The summed E-state index contributed by atoms with van der Waals surface area (Å²) in [4.78, 5) is 18.3. The molecular formula is C20H23N5O2. The second-order valence-electron chi connectivity index (χ2n) is 6.33. The van der Waals surface area contributed by atoms with Crippen molar-refractivity contribution < 1.29 is 9.53 Å². The summed E-state index contributed by atoms with van der Waals surface area (Å²) >= 11 is 0. The number of hydrogen-bond donors (Lipinski definition) is 1. The van der Waals surface area contributed by atoms with Crippen molar-refractivity contribution in [3.05, 3.63) is 60.4 Å². The second kappa shape index (κ2) is 8.35. The van der Waals surface area contributed by atoms with Crippen LogP contribution >= 0.6 is 0 Å². The van der Waals surface area contributed by atoms with Crippen molar-refractivity contribution in [3.8, 4) is 11.4 Å². The van der Waals surface area contributed by atoms with Gasteiger partial charge in [0.2, 0.25) is 11.9 Å². The van der Waals surface area contributed by atoms with E-state index < -0.39 is 0 Å². The zero-order chi connectivity index (χ0) is 19.2. The molecule has 0 radical (unpaired) electrons. The Kier molecular flexibility index (Phi) is 5.71. The number of benzene rings is 2. The quantitative estimate of drug-likeness (QED) is 0.697. The Labute approximate surface area is 158 Å². The molecular weight excluding hydrogens is 342 g/mol. The van der Waals surface area contributed by atoms with Crippen LogP contribution in [0.3, 0.4) is 0 Å². The number of aromatic nitrogens is 3. The van der Waals surface area contributed by atoms with E-state index in [0.29, 0.717) is 18.8 Å². The summed E-state index contributed by atoms with van der Waals surface area (Å²) in [5.41, 5.74) is 2.66. The first-order valence-corrected chi connectivity index (χ1v) is 8.67. The fourth-order valence-electron chi connectivity index (χ4n) is 2.58. The molecule has 1 heterocycles. The maximum absolute atomic E-state index is 12.3. The van der Waals surface area contributed by atoms with Gasteiger partial charge in [-0.2, -0.15) is 4.98 Å². The van der Waals surface area contributed by atoms with Crippen LogP contribution in [0.15, 0.2) is 54.9 Å². The summed E-state index contributed by atoms with van der Waals surface area (Å²) in [7, 11) is 5.41. The molecule has 140 valence electrons. The predicted molar refractivity (Wildman–Crippen MR) is 106 cm³/mol. The molecule has 0 saturated heterocycles. The Morgan fingerprint density at radius 1 is 1.19 bits per heavy atom. The van der Waals surface area contributed by atoms with Gasteiger partial charge >= 0.3 is 0 Å². The van der Waals surface area contributed by atoms with Gasteiger partial charge in [0.1, 0.15) is 12.1 Å². The van der Waals surface area contributed by atoms with Gasteiger partial charge in [-0.25, -0.2) is 4.68 Å². The van der Waals surface area contributed by atoms with Gasteiger partial charge in [-0.15, -0.1) is 5.10 Å². The lowest BCUT2D eigenvalue weighted by atomic mass is 10.1. The molecule has 1 aromatic heterocycles. The number of aryl methyl sites for hydroxylation is 1. The highest BCUT2D eigenvalue weighted by Crippen LogP contribution is 2.16. The van der Waals surface area contributed by atoms with E-state index >= 15 is 0 Å². The molecule has 0 aliphatic heterocycles. The third-order valence-corrected chi connectivity index (χ3v) is 4.07. The number of hydrogen-bond acceptors (Lipinski definition) is 5. The molecule has 0 aliphatic carbocycles. The molecule has 0 fully saturated rings. The lowest BCUT2D eigenvalue weighted by molar-refractivity contribution is -0.116. The highest BCUT2D eigenvalue weighted by molar-refractivity contribution is 5.91. The highest BCUT2D eigenvalue weighted by atomic mass is 16.5. The number of nitrogens with one attached hydrogen (secondary N) is 1. The summed E-state index contributed by atoms with van der Waals surface area (Å²) in [6, 6.07) is 15.3. The maximum Gasteiger partial charge on any atom is 0.244 e. The fourth-order valence-corrected chi connectivity index (χ4v) is 2.58. The largest absolute Gasteiger partial charge is 0.497 e. The maximum atomic E-state index is 12.3. The first-order valence-electron chi connectivity index (χ1n) is 8.67. The third-order valence-electron chi connectivity index (χ3n) is 4.07. The molecule has 0 saturated carbocycles. The molecule has 3 rings (SSSR count). The van der Waals surface area contributed by atoms with Crippen LogP contribution in [0.2, 0.25) is 0 Å². The van der Waals surface area contributed by atoms with Crippen molar-refractivity contribution in [3.63, 3.8) is 0 Å². The lowest BCUT2D eigenvalue weighted by Gasteiger charge is -2.08. The fraction of sp³-hybridized carbons (Fsp3) is 0.250. The predicted octanol–water partition coefficient (Wildman–Crippen LogP) is 2.91. The van der Waals surface area contributed by atoms with Crippen LogP contribution in [0.25, 0.3) is 5.69 Å². The molecule has 1 N–H and O–H groups in total. The van der Waals surface area contributed by atoms with Gasteiger partial charge in [0, 0.05) is 26.2 Å². The SMILES string of the molecule is COc1ccc(CCC(=O)Nc2cccc(-n3cnc(N(C)C)n3)c2)cc1. The van der Waals surface area contributed by atoms with Gasteiger partial charge in [-0.05, 0) is 42.3 Å². The number of carbonyl (C=O) groups excluding carboxylic acids is 1. The lowest BCUT2D eigenvalue weighted by Crippen LogP contribution is -2.13. The van der Waals surface area contributed by atoms with Crippen LogP contribution in [0, 0.1) is 0 Å². The number of amides is 1. The summed E-state index contributed by atoms with van der Waals surface area (Å²) in [5, 5.41) is 7.34. The molecule has 1 amide bonds. The zero-order valence-electron chi connectivity index (χ0n) is 15.7. The van der Waals surface area contributed by atoms with Crippen molar-refractivity contribution >= 4 is 17.5 Å². The van der Waals surface area contributed by atoms with Gasteiger partial charge in [0.25, 0.3) is 0 Å². The van der Waals surface area contributed by atoms with Crippen LogP contribution in [0.5, 0.6) is 5.75 Å². The Morgan fingerprint density at radius 2 is 1.96 bits per heavy atom. The molecule has 7 heteroatoms. The highest BCUT2D eigenvalue weighted by Gasteiger charge is 2.07. The van der Waals surface area contributed by atoms with Crippen LogP contribution in [-0.4, -0.2) is 41.9 Å². The number of methoxy groups -OCH3 is 1. The summed E-state index contributed by atoms with van der Waals surface area (Å²) in [6.07, 6.45) is 2.73. The monoisotopic (exact) mass is 365 g/mol. The smallest absolute Gasteiger partial charge is 0.244 e. The molecule has 0 bridgehead atoms. The molecule has 2 aromatic carbocycles. The van der Waals surface area contributed by atoms with E-state index in [1.807, 2.05) is 67.5 Å². The number of ether oxygens (including phenoxy) is 1. The summed E-state index contributed by atoms with van der Waals surface area (Å²) in [6.45, 7) is 0. The Morgan fingerprint density at radius 3 is 2.63 bits per heavy atom.